The van der Waals surface area contributed by atoms with Crippen LogP contribution < -0.4 is 5.32 Å². The zero-order valence-electron chi connectivity index (χ0n) is 13.2. The largest absolute Gasteiger partial charge is 0.505 e. The average molecular weight is 341 g/mol. The van der Waals surface area contributed by atoms with Crippen LogP contribution in [0.4, 0.5) is 0 Å². The summed E-state index contributed by atoms with van der Waals surface area (Å²) in [5.41, 5.74) is 1.81. The van der Waals surface area contributed by atoms with Gasteiger partial charge in [0.15, 0.2) is 0 Å². The Morgan fingerprint density at radius 3 is 2.71 bits per heavy atom. The molecule has 0 aliphatic rings. The Morgan fingerprint density at radius 1 is 1.25 bits per heavy atom. The van der Waals surface area contributed by atoms with Crippen LogP contribution in [0.1, 0.15) is 30.5 Å². The Labute approximate surface area is 145 Å². The molecule has 0 saturated carbocycles. The topological polar surface area (TPSA) is 62.2 Å². The van der Waals surface area contributed by atoms with Gasteiger partial charge in [0, 0.05) is 23.6 Å². The molecule has 2 N–H and O–H groups in total. The number of hydrogen-bond donors (Lipinski definition) is 2. The van der Waals surface area contributed by atoms with Crippen LogP contribution >= 0.6 is 11.6 Å². The highest BCUT2D eigenvalue weighted by Crippen LogP contribution is 2.38. The third-order valence-electron chi connectivity index (χ3n) is 3.92. The van der Waals surface area contributed by atoms with E-state index in [-0.39, 0.29) is 11.7 Å². The summed E-state index contributed by atoms with van der Waals surface area (Å²) in [6.07, 6.45) is 1.95. The van der Waals surface area contributed by atoms with E-state index in [9.17, 15) is 9.90 Å². The number of benzene rings is 2. The van der Waals surface area contributed by atoms with E-state index in [0.29, 0.717) is 27.9 Å². The van der Waals surface area contributed by atoms with Crippen LogP contribution in [0.15, 0.2) is 54.7 Å². The first kappa shape index (κ1) is 16.3. The number of fused-ring (bicyclic) bond motifs is 1. The number of halogens is 1. The summed E-state index contributed by atoms with van der Waals surface area (Å²) in [6, 6.07) is 14.2. The standard InChI is InChI=1S/C19H17ClN2O2/c1-2-16(23)22-17(12-7-4-3-5-8-12)14-11-15(20)13-9-6-10-21-18(13)19(14)24/h3-11,17,24H,2H2,1H3,(H,22,23)/t17-/m0/s1. The van der Waals surface area contributed by atoms with Gasteiger partial charge in [0.1, 0.15) is 11.3 Å². The van der Waals surface area contributed by atoms with Gasteiger partial charge in [0.2, 0.25) is 5.91 Å². The minimum absolute atomic E-state index is 0.0280. The third-order valence-corrected chi connectivity index (χ3v) is 4.23. The van der Waals surface area contributed by atoms with E-state index in [1.165, 1.54) is 0 Å². The van der Waals surface area contributed by atoms with Crippen molar-refractivity contribution < 1.29 is 9.90 Å². The van der Waals surface area contributed by atoms with Crippen LogP contribution in [0.3, 0.4) is 0 Å². The lowest BCUT2D eigenvalue weighted by Gasteiger charge is -2.21. The predicted octanol–water partition coefficient (Wildman–Crippen LogP) is 4.21. The number of carbonyl (C=O) groups excluding carboxylic acids is 1. The van der Waals surface area contributed by atoms with Crippen LogP contribution in [0, 0.1) is 0 Å². The van der Waals surface area contributed by atoms with Crippen molar-refractivity contribution in [3.05, 3.63) is 70.9 Å². The molecule has 0 aliphatic carbocycles. The van der Waals surface area contributed by atoms with Crippen molar-refractivity contribution in [2.45, 2.75) is 19.4 Å². The molecular weight excluding hydrogens is 324 g/mol. The van der Waals surface area contributed by atoms with E-state index in [1.807, 2.05) is 30.3 Å². The Kier molecular flexibility index (Phi) is 4.67. The molecule has 0 radical (unpaired) electrons. The monoisotopic (exact) mass is 340 g/mol. The molecular formula is C19H17ClN2O2. The molecule has 0 saturated heterocycles. The van der Waals surface area contributed by atoms with Gasteiger partial charge in [-0.3, -0.25) is 9.78 Å². The normalized spacial score (nSPS) is 12.1. The predicted molar refractivity (Wildman–Crippen MR) is 95.1 cm³/mol. The summed E-state index contributed by atoms with van der Waals surface area (Å²) in [7, 11) is 0. The number of phenols is 1. The number of pyridine rings is 1. The number of hydrogen-bond acceptors (Lipinski definition) is 3. The second kappa shape index (κ2) is 6.89. The van der Waals surface area contributed by atoms with Crippen molar-refractivity contribution >= 4 is 28.4 Å². The Balaban J connectivity index is 2.19. The zero-order chi connectivity index (χ0) is 17.1. The number of aromatic nitrogens is 1. The van der Waals surface area contributed by atoms with E-state index in [0.717, 1.165) is 5.56 Å². The molecule has 0 unspecified atom stereocenters. The number of amides is 1. The van der Waals surface area contributed by atoms with Gasteiger partial charge >= 0.3 is 0 Å². The summed E-state index contributed by atoms with van der Waals surface area (Å²) in [4.78, 5) is 16.2. The fourth-order valence-corrected chi connectivity index (χ4v) is 2.95. The molecule has 1 atom stereocenters. The van der Waals surface area contributed by atoms with Crippen molar-refractivity contribution in [3.8, 4) is 5.75 Å². The van der Waals surface area contributed by atoms with Crippen molar-refractivity contribution in [1.29, 1.82) is 0 Å². The lowest BCUT2D eigenvalue weighted by atomic mass is 9.96. The highest BCUT2D eigenvalue weighted by atomic mass is 35.5. The highest BCUT2D eigenvalue weighted by Gasteiger charge is 2.22. The summed E-state index contributed by atoms with van der Waals surface area (Å²) >= 11 is 6.37. The molecule has 3 rings (SSSR count). The van der Waals surface area contributed by atoms with Gasteiger partial charge in [-0.2, -0.15) is 0 Å². The van der Waals surface area contributed by atoms with E-state index < -0.39 is 6.04 Å². The molecule has 4 nitrogen and oxygen atoms in total. The van der Waals surface area contributed by atoms with Gasteiger partial charge in [-0.25, -0.2) is 0 Å². The molecule has 24 heavy (non-hydrogen) atoms. The van der Waals surface area contributed by atoms with Gasteiger partial charge in [-0.15, -0.1) is 0 Å². The summed E-state index contributed by atoms with van der Waals surface area (Å²) in [6.45, 7) is 1.78. The minimum atomic E-state index is -0.498. The molecule has 2 aromatic carbocycles. The fraction of sp³-hybridized carbons (Fsp3) is 0.158. The molecule has 122 valence electrons. The maximum absolute atomic E-state index is 12.0. The lowest BCUT2D eigenvalue weighted by Crippen LogP contribution is -2.28. The first-order chi connectivity index (χ1) is 11.6. The van der Waals surface area contributed by atoms with Crippen molar-refractivity contribution in [1.82, 2.24) is 10.3 Å². The molecule has 0 aliphatic heterocycles. The molecule has 1 heterocycles. The Hall–Kier alpha value is -2.59. The van der Waals surface area contributed by atoms with Crippen molar-refractivity contribution in [2.24, 2.45) is 0 Å². The lowest BCUT2D eigenvalue weighted by molar-refractivity contribution is -0.121. The molecule has 3 aromatic rings. The first-order valence-corrected chi connectivity index (χ1v) is 8.10. The molecule has 0 fully saturated rings. The number of aromatic hydroxyl groups is 1. The van der Waals surface area contributed by atoms with Crippen LogP contribution in [-0.4, -0.2) is 16.0 Å². The van der Waals surface area contributed by atoms with Crippen LogP contribution in [-0.2, 0) is 4.79 Å². The van der Waals surface area contributed by atoms with Gasteiger partial charge in [-0.1, -0.05) is 48.9 Å². The number of nitrogens with zero attached hydrogens (tertiary/aromatic N) is 1. The SMILES string of the molecule is CCC(=O)N[C@@H](c1ccccc1)c1cc(Cl)c2cccnc2c1O. The van der Waals surface area contributed by atoms with Gasteiger partial charge in [-0.05, 0) is 23.8 Å². The highest BCUT2D eigenvalue weighted by molar-refractivity contribution is 6.35. The first-order valence-electron chi connectivity index (χ1n) is 7.72. The van der Waals surface area contributed by atoms with E-state index >= 15 is 0 Å². The summed E-state index contributed by atoms with van der Waals surface area (Å²) in [5.74, 6) is -0.0826. The molecule has 5 heteroatoms. The quantitative estimate of drug-likeness (QED) is 0.747. The van der Waals surface area contributed by atoms with Crippen molar-refractivity contribution in [3.63, 3.8) is 0 Å². The molecule has 0 bridgehead atoms. The molecule has 0 spiro atoms. The maximum atomic E-state index is 12.0. The van der Waals surface area contributed by atoms with E-state index in [4.69, 9.17) is 11.6 Å². The van der Waals surface area contributed by atoms with E-state index in [1.54, 1.807) is 31.3 Å². The summed E-state index contributed by atoms with van der Waals surface area (Å²) in [5, 5.41) is 14.8. The van der Waals surface area contributed by atoms with Gasteiger partial charge in [0.05, 0.1) is 11.1 Å². The minimum Gasteiger partial charge on any atom is -0.505 e. The third kappa shape index (κ3) is 3.05. The Bertz CT molecular complexity index is 881. The van der Waals surface area contributed by atoms with Crippen molar-refractivity contribution in [2.75, 3.05) is 0 Å². The van der Waals surface area contributed by atoms with Crippen LogP contribution in [0.5, 0.6) is 5.75 Å². The van der Waals surface area contributed by atoms with Gasteiger partial charge in [0.25, 0.3) is 0 Å². The molecule has 1 amide bonds. The van der Waals surface area contributed by atoms with Gasteiger partial charge < -0.3 is 10.4 Å². The number of carbonyl (C=O) groups is 1. The fourth-order valence-electron chi connectivity index (χ4n) is 2.68. The van der Waals surface area contributed by atoms with E-state index in [2.05, 4.69) is 10.3 Å². The second-order valence-electron chi connectivity index (χ2n) is 5.46. The maximum Gasteiger partial charge on any atom is 0.220 e. The number of rotatable bonds is 4. The molecule has 1 aromatic heterocycles. The van der Waals surface area contributed by atoms with Crippen LogP contribution in [0.2, 0.25) is 5.02 Å². The number of phenolic OH excluding ortho intramolecular Hbond substituents is 1. The summed E-state index contributed by atoms with van der Waals surface area (Å²) < 4.78 is 0. The second-order valence-corrected chi connectivity index (χ2v) is 5.87. The average Bonchev–Trinajstić information content (AvgIpc) is 2.63. The Morgan fingerprint density at radius 2 is 2.00 bits per heavy atom. The zero-order valence-corrected chi connectivity index (χ0v) is 13.9. The number of nitrogens with one attached hydrogen (secondary N) is 1. The smallest absolute Gasteiger partial charge is 0.220 e. The van der Waals surface area contributed by atoms with Crippen LogP contribution in [0.25, 0.3) is 10.9 Å².